The highest BCUT2D eigenvalue weighted by Crippen LogP contribution is 2.28. The molecular weight excluding hydrogens is 376 g/mol. The Morgan fingerprint density at radius 3 is 2.60 bits per heavy atom. The number of anilines is 1. The first-order valence-electron chi connectivity index (χ1n) is 10.8. The van der Waals surface area contributed by atoms with Crippen LogP contribution in [-0.4, -0.2) is 18.4 Å². The summed E-state index contributed by atoms with van der Waals surface area (Å²) in [6.07, 6.45) is 4.21. The molecule has 2 aromatic carbocycles. The zero-order chi connectivity index (χ0) is 21.5. The minimum atomic E-state index is -0.174. The summed E-state index contributed by atoms with van der Waals surface area (Å²) in [6.45, 7) is 6.59. The second-order valence-corrected chi connectivity index (χ2v) is 8.43. The minimum Gasteiger partial charge on any atom is -0.483 e. The molecule has 0 aromatic heterocycles. The first-order valence-corrected chi connectivity index (χ1v) is 10.8. The lowest BCUT2D eigenvalue weighted by Gasteiger charge is -2.15. The Hall–Kier alpha value is -2.82. The number of rotatable bonds is 8. The standard InChI is InChI=1S/C25H32N2O3/c1-17(2)22-12-11-18(3)13-23(22)30-16-24(28)26-15-19-7-6-10-21(14-19)27-25(29)20-8-4-5-9-20/h6-7,10-14,17,20H,4-5,8-9,15-16H2,1-3H3,(H,26,28)(H,27,29). The van der Waals surface area contributed by atoms with Gasteiger partial charge in [0.1, 0.15) is 5.75 Å². The van der Waals surface area contributed by atoms with Gasteiger partial charge in [-0.1, -0.05) is 51.0 Å². The monoisotopic (exact) mass is 408 g/mol. The molecule has 1 aliphatic rings. The molecule has 3 rings (SSSR count). The van der Waals surface area contributed by atoms with Crippen molar-refractivity contribution in [2.45, 2.75) is 58.9 Å². The number of hydrogen-bond donors (Lipinski definition) is 2. The fourth-order valence-electron chi connectivity index (χ4n) is 3.83. The fraction of sp³-hybridized carbons (Fsp3) is 0.440. The van der Waals surface area contributed by atoms with E-state index in [2.05, 4.69) is 36.6 Å². The number of carbonyl (C=O) groups excluding carboxylic acids is 2. The third-order valence-corrected chi connectivity index (χ3v) is 5.56. The highest BCUT2D eigenvalue weighted by Gasteiger charge is 2.22. The first kappa shape index (κ1) is 21.9. The number of ether oxygens (including phenoxy) is 1. The van der Waals surface area contributed by atoms with Gasteiger partial charge in [0.2, 0.25) is 5.91 Å². The van der Waals surface area contributed by atoms with Gasteiger partial charge in [0.25, 0.3) is 5.91 Å². The smallest absolute Gasteiger partial charge is 0.258 e. The van der Waals surface area contributed by atoms with E-state index in [0.717, 1.165) is 53.8 Å². The summed E-state index contributed by atoms with van der Waals surface area (Å²) >= 11 is 0. The quantitative estimate of drug-likeness (QED) is 0.650. The summed E-state index contributed by atoms with van der Waals surface area (Å²) in [6, 6.07) is 13.7. The molecule has 0 spiro atoms. The number of amides is 2. The molecule has 0 atom stereocenters. The topological polar surface area (TPSA) is 67.4 Å². The van der Waals surface area contributed by atoms with E-state index in [9.17, 15) is 9.59 Å². The van der Waals surface area contributed by atoms with E-state index in [-0.39, 0.29) is 24.3 Å². The molecule has 1 aliphatic carbocycles. The molecule has 0 aliphatic heterocycles. The molecule has 30 heavy (non-hydrogen) atoms. The Balaban J connectivity index is 1.50. The molecule has 0 bridgehead atoms. The van der Waals surface area contributed by atoms with E-state index in [0.29, 0.717) is 12.5 Å². The highest BCUT2D eigenvalue weighted by molar-refractivity contribution is 5.92. The summed E-state index contributed by atoms with van der Waals surface area (Å²) in [4.78, 5) is 24.6. The summed E-state index contributed by atoms with van der Waals surface area (Å²) in [5.41, 5.74) is 3.91. The van der Waals surface area contributed by atoms with Crippen LogP contribution in [0.25, 0.3) is 0 Å². The zero-order valence-electron chi connectivity index (χ0n) is 18.2. The average Bonchev–Trinajstić information content (AvgIpc) is 3.26. The van der Waals surface area contributed by atoms with Gasteiger partial charge in [-0.05, 0) is 60.6 Å². The molecule has 2 aromatic rings. The molecular formula is C25H32N2O3. The van der Waals surface area contributed by atoms with Crippen LogP contribution >= 0.6 is 0 Å². The molecule has 160 valence electrons. The Bertz CT molecular complexity index is 886. The van der Waals surface area contributed by atoms with Crippen LogP contribution in [0.1, 0.15) is 62.1 Å². The van der Waals surface area contributed by atoms with Crippen molar-refractivity contribution < 1.29 is 14.3 Å². The van der Waals surface area contributed by atoms with Crippen molar-refractivity contribution in [1.82, 2.24) is 5.32 Å². The van der Waals surface area contributed by atoms with Gasteiger partial charge < -0.3 is 15.4 Å². The minimum absolute atomic E-state index is 0.0265. The normalized spacial score (nSPS) is 14.0. The third-order valence-electron chi connectivity index (χ3n) is 5.56. The molecule has 1 fully saturated rings. The van der Waals surface area contributed by atoms with Crippen molar-refractivity contribution in [1.29, 1.82) is 0 Å². The van der Waals surface area contributed by atoms with Crippen LogP contribution in [0.5, 0.6) is 5.75 Å². The van der Waals surface area contributed by atoms with Gasteiger partial charge in [-0.3, -0.25) is 9.59 Å². The van der Waals surface area contributed by atoms with E-state index in [1.807, 2.05) is 37.3 Å². The summed E-state index contributed by atoms with van der Waals surface area (Å²) in [7, 11) is 0. The van der Waals surface area contributed by atoms with E-state index in [1.54, 1.807) is 0 Å². The van der Waals surface area contributed by atoms with Crippen LogP contribution in [0.4, 0.5) is 5.69 Å². The fourth-order valence-corrected chi connectivity index (χ4v) is 3.83. The van der Waals surface area contributed by atoms with Gasteiger partial charge in [0.15, 0.2) is 6.61 Å². The highest BCUT2D eigenvalue weighted by atomic mass is 16.5. The first-order chi connectivity index (χ1) is 14.4. The van der Waals surface area contributed by atoms with Crippen molar-refractivity contribution >= 4 is 17.5 Å². The maximum atomic E-state index is 12.3. The number of benzene rings is 2. The molecule has 0 saturated heterocycles. The van der Waals surface area contributed by atoms with E-state index in [1.165, 1.54) is 0 Å². The SMILES string of the molecule is Cc1ccc(C(C)C)c(OCC(=O)NCc2cccc(NC(=O)C3CCCC3)c2)c1. The largest absolute Gasteiger partial charge is 0.483 e. The van der Waals surface area contributed by atoms with Gasteiger partial charge in [0.05, 0.1) is 0 Å². The summed E-state index contributed by atoms with van der Waals surface area (Å²) < 4.78 is 5.79. The van der Waals surface area contributed by atoms with Gasteiger partial charge >= 0.3 is 0 Å². The van der Waals surface area contributed by atoms with Crippen molar-refractivity contribution in [3.8, 4) is 5.75 Å². The van der Waals surface area contributed by atoms with Crippen LogP contribution < -0.4 is 15.4 Å². The number of carbonyl (C=O) groups is 2. The number of hydrogen-bond acceptors (Lipinski definition) is 3. The van der Waals surface area contributed by atoms with Crippen molar-refractivity contribution in [3.63, 3.8) is 0 Å². The Labute approximate surface area is 179 Å². The molecule has 2 N–H and O–H groups in total. The lowest BCUT2D eigenvalue weighted by molar-refractivity contribution is -0.123. The lowest BCUT2D eigenvalue weighted by Crippen LogP contribution is -2.28. The zero-order valence-corrected chi connectivity index (χ0v) is 18.2. The van der Waals surface area contributed by atoms with Crippen LogP contribution in [0.3, 0.4) is 0 Å². The molecule has 2 amide bonds. The second-order valence-electron chi connectivity index (χ2n) is 8.43. The van der Waals surface area contributed by atoms with E-state index >= 15 is 0 Å². The van der Waals surface area contributed by atoms with Crippen molar-refractivity contribution in [3.05, 3.63) is 59.2 Å². The maximum absolute atomic E-state index is 12.3. The maximum Gasteiger partial charge on any atom is 0.258 e. The van der Waals surface area contributed by atoms with Crippen molar-refractivity contribution in [2.24, 2.45) is 5.92 Å². The van der Waals surface area contributed by atoms with Gasteiger partial charge in [-0.25, -0.2) is 0 Å². The average molecular weight is 409 g/mol. The Morgan fingerprint density at radius 1 is 1.10 bits per heavy atom. The van der Waals surface area contributed by atoms with Crippen molar-refractivity contribution in [2.75, 3.05) is 11.9 Å². The molecule has 0 unspecified atom stereocenters. The second kappa shape index (κ2) is 10.3. The van der Waals surface area contributed by atoms with E-state index in [4.69, 9.17) is 4.74 Å². The molecule has 5 nitrogen and oxygen atoms in total. The number of nitrogens with one attached hydrogen (secondary N) is 2. The van der Waals surface area contributed by atoms with Gasteiger partial charge in [0, 0.05) is 18.2 Å². The summed E-state index contributed by atoms with van der Waals surface area (Å²) in [5, 5.41) is 5.90. The Morgan fingerprint density at radius 2 is 1.87 bits per heavy atom. The van der Waals surface area contributed by atoms with Gasteiger partial charge in [-0.15, -0.1) is 0 Å². The van der Waals surface area contributed by atoms with Crippen LogP contribution in [0.15, 0.2) is 42.5 Å². The molecule has 0 heterocycles. The Kier molecular flexibility index (Phi) is 7.50. The van der Waals surface area contributed by atoms with E-state index < -0.39 is 0 Å². The molecule has 0 radical (unpaired) electrons. The van der Waals surface area contributed by atoms with Gasteiger partial charge in [-0.2, -0.15) is 0 Å². The van der Waals surface area contributed by atoms with Crippen LogP contribution in [0, 0.1) is 12.8 Å². The predicted octanol–water partition coefficient (Wildman–Crippen LogP) is 4.94. The number of aryl methyl sites for hydroxylation is 1. The van der Waals surface area contributed by atoms with Crippen LogP contribution in [0.2, 0.25) is 0 Å². The lowest BCUT2D eigenvalue weighted by atomic mass is 10.0. The molecule has 5 heteroatoms. The predicted molar refractivity (Wildman–Crippen MR) is 120 cm³/mol. The van der Waals surface area contributed by atoms with Crippen LogP contribution in [-0.2, 0) is 16.1 Å². The third kappa shape index (κ3) is 6.09. The molecule has 1 saturated carbocycles. The summed E-state index contributed by atoms with van der Waals surface area (Å²) in [5.74, 6) is 1.14.